The van der Waals surface area contributed by atoms with Gasteiger partial charge in [0.15, 0.2) is 0 Å². The van der Waals surface area contributed by atoms with Gasteiger partial charge in [-0.2, -0.15) is 4.31 Å². The summed E-state index contributed by atoms with van der Waals surface area (Å²) in [5.74, 6) is -1.15. The Morgan fingerprint density at radius 3 is 2.36 bits per heavy atom. The Labute approximate surface area is 147 Å². The van der Waals surface area contributed by atoms with Crippen LogP contribution in [0.15, 0.2) is 35.2 Å². The van der Waals surface area contributed by atoms with Crippen LogP contribution in [0.4, 0.5) is 0 Å². The number of hydrogen-bond acceptors (Lipinski definition) is 4. The van der Waals surface area contributed by atoms with Crippen molar-refractivity contribution in [2.24, 2.45) is 5.41 Å². The van der Waals surface area contributed by atoms with E-state index in [1.165, 1.54) is 9.21 Å². The molecule has 2 fully saturated rings. The van der Waals surface area contributed by atoms with Gasteiger partial charge in [0.05, 0.1) is 4.90 Å². The maximum Gasteiger partial charge on any atom is 0.323 e. The van der Waals surface area contributed by atoms with Crippen molar-refractivity contribution in [1.82, 2.24) is 9.21 Å². The van der Waals surface area contributed by atoms with E-state index in [1.54, 1.807) is 30.3 Å². The van der Waals surface area contributed by atoms with Crippen molar-refractivity contribution in [3.63, 3.8) is 0 Å². The topological polar surface area (TPSA) is 95.0 Å². The second-order valence-corrected chi connectivity index (χ2v) is 8.80. The lowest BCUT2D eigenvalue weighted by atomic mass is 9.73. The fourth-order valence-corrected chi connectivity index (χ4v) is 5.22. The first-order valence-corrected chi connectivity index (χ1v) is 9.81. The smallest absolute Gasteiger partial charge is 0.323 e. The molecule has 1 aromatic carbocycles. The van der Waals surface area contributed by atoms with E-state index in [1.807, 2.05) is 0 Å². The van der Waals surface area contributed by atoms with Crippen molar-refractivity contribution in [1.29, 1.82) is 0 Å². The molecule has 0 aromatic heterocycles. The first-order chi connectivity index (χ1) is 11.8. The van der Waals surface area contributed by atoms with Crippen LogP contribution in [0.25, 0.3) is 0 Å². The molecule has 1 spiro atoms. The molecule has 2 heterocycles. The van der Waals surface area contributed by atoms with Crippen LogP contribution in [0.3, 0.4) is 0 Å². The Bertz CT molecular complexity index is 755. The Morgan fingerprint density at radius 1 is 1.12 bits per heavy atom. The molecule has 1 amide bonds. The van der Waals surface area contributed by atoms with E-state index >= 15 is 0 Å². The van der Waals surface area contributed by atoms with Gasteiger partial charge in [0, 0.05) is 26.1 Å². The van der Waals surface area contributed by atoms with Gasteiger partial charge >= 0.3 is 5.97 Å². The molecule has 1 aromatic rings. The fraction of sp³-hybridized carbons (Fsp3) is 0.529. The van der Waals surface area contributed by atoms with Crippen molar-refractivity contribution in [2.75, 3.05) is 26.2 Å². The monoisotopic (exact) mass is 366 g/mol. The molecule has 2 saturated heterocycles. The molecule has 136 valence electrons. The zero-order valence-corrected chi connectivity index (χ0v) is 14.7. The highest BCUT2D eigenvalue weighted by Gasteiger charge is 2.43. The van der Waals surface area contributed by atoms with Gasteiger partial charge in [-0.25, -0.2) is 8.42 Å². The second-order valence-electron chi connectivity index (χ2n) is 6.86. The van der Waals surface area contributed by atoms with E-state index < -0.39 is 16.0 Å². The van der Waals surface area contributed by atoms with Gasteiger partial charge in [0.1, 0.15) is 6.54 Å². The molecule has 0 saturated carbocycles. The lowest BCUT2D eigenvalue weighted by molar-refractivity contribution is -0.149. The summed E-state index contributed by atoms with van der Waals surface area (Å²) < 4.78 is 26.9. The third-order valence-electron chi connectivity index (χ3n) is 5.24. The molecule has 7 nitrogen and oxygen atoms in total. The van der Waals surface area contributed by atoms with Crippen LogP contribution in [0, 0.1) is 5.41 Å². The zero-order chi connectivity index (χ0) is 18.1. The zero-order valence-electron chi connectivity index (χ0n) is 13.9. The van der Waals surface area contributed by atoms with Gasteiger partial charge in [-0.05, 0) is 36.8 Å². The van der Waals surface area contributed by atoms with Gasteiger partial charge in [-0.1, -0.05) is 18.2 Å². The number of carboxylic acids is 1. The second kappa shape index (κ2) is 6.76. The number of rotatable bonds is 4. The number of sulfonamides is 1. The summed E-state index contributed by atoms with van der Waals surface area (Å²) >= 11 is 0. The number of benzene rings is 1. The molecule has 3 rings (SSSR count). The Kier molecular flexibility index (Phi) is 4.83. The minimum Gasteiger partial charge on any atom is -0.480 e. The molecular weight excluding hydrogens is 344 g/mol. The highest BCUT2D eigenvalue weighted by Crippen LogP contribution is 2.41. The third kappa shape index (κ3) is 3.69. The molecule has 8 heteroatoms. The molecular formula is C17H22N2O5S. The first kappa shape index (κ1) is 17.9. The number of carbonyl (C=O) groups excluding carboxylic acids is 1. The van der Waals surface area contributed by atoms with Crippen LogP contribution in [0.1, 0.15) is 25.7 Å². The molecule has 0 aliphatic carbocycles. The van der Waals surface area contributed by atoms with E-state index in [0.29, 0.717) is 45.3 Å². The van der Waals surface area contributed by atoms with Gasteiger partial charge in [-0.3, -0.25) is 9.59 Å². The summed E-state index contributed by atoms with van der Waals surface area (Å²) in [7, 11) is -3.50. The molecule has 1 N–H and O–H groups in total. The van der Waals surface area contributed by atoms with Gasteiger partial charge in [-0.15, -0.1) is 0 Å². The van der Waals surface area contributed by atoms with Crippen LogP contribution in [-0.4, -0.2) is 60.8 Å². The van der Waals surface area contributed by atoms with E-state index in [4.69, 9.17) is 5.11 Å². The number of carboxylic acid groups (broad SMARTS) is 1. The Hall–Kier alpha value is -1.93. The standard InChI is InChI=1S/C17H22N2O5S/c20-15-6-7-17(13-18(15)12-16(21)22)8-10-19(11-9-17)25(23,24)14-4-2-1-3-5-14/h1-5H,6-13H2,(H,21,22). The van der Waals surface area contributed by atoms with Gasteiger partial charge < -0.3 is 10.0 Å². The van der Waals surface area contributed by atoms with Crippen LogP contribution in [0.2, 0.25) is 0 Å². The predicted octanol–water partition coefficient (Wildman–Crippen LogP) is 1.16. The van der Waals surface area contributed by atoms with Crippen molar-refractivity contribution in [3.8, 4) is 0 Å². The van der Waals surface area contributed by atoms with Crippen molar-refractivity contribution in [2.45, 2.75) is 30.6 Å². The highest BCUT2D eigenvalue weighted by molar-refractivity contribution is 7.89. The molecule has 2 aliphatic rings. The quantitative estimate of drug-likeness (QED) is 0.863. The number of piperidine rings is 2. The number of amides is 1. The Morgan fingerprint density at radius 2 is 1.76 bits per heavy atom. The first-order valence-electron chi connectivity index (χ1n) is 8.37. The molecule has 2 aliphatic heterocycles. The fourth-order valence-electron chi connectivity index (χ4n) is 3.76. The largest absolute Gasteiger partial charge is 0.480 e. The molecule has 0 unspecified atom stereocenters. The maximum absolute atomic E-state index is 12.7. The molecule has 0 atom stereocenters. The number of aliphatic carboxylic acids is 1. The lowest BCUT2D eigenvalue weighted by Gasteiger charge is -2.46. The minimum atomic E-state index is -3.50. The minimum absolute atomic E-state index is 0.132. The SMILES string of the molecule is O=C(O)CN1CC2(CCC1=O)CCN(S(=O)(=O)c1ccccc1)CC2. The molecule has 0 radical (unpaired) electrons. The van der Waals surface area contributed by atoms with Crippen molar-refractivity contribution < 1.29 is 23.1 Å². The normalized spacial score (nSPS) is 21.4. The number of nitrogens with zero attached hydrogens (tertiary/aromatic N) is 2. The van der Waals surface area contributed by atoms with Gasteiger partial charge in [0.25, 0.3) is 0 Å². The van der Waals surface area contributed by atoms with E-state index in [2.05, 4.69) is 0 Å². The number of likely N-dealkylation sites (tertiary alicyclic amines) is 1. The third-order valence-corrected chi connectivity index (χ3v) is 7.15. The summed E-state index contributed by atoms with van der Waals surface area (Å²) in [5, 5.41) is 8.96. The van der Waals surface area contributed by atoms with E-state index in [0.717, 1.165) is 0 Å². The van der Waals surface area contributed by atoms with E-state index in [-0.39, 0.29) is 22.8 Å². The summed E-state index contributed by atoms with van der Waals surface area (Å²) in [5.41, 5.74) is -0.175. The van der Waals surface area contributed by atoms with Crippen LogP contribution in [-0.2, 0) is 19.6 Å². The van der Waals surface area contributed by atoms with E-state index in [9.17, 15) is 18.0 Å². The predicted molar refractivity (Wildman–Crippen MR) is 90.3 cm³/mol. The average molecular weight is 366 g/mol. The summed E-state index contributed by atoms with van der Waals surface area (Å²) in [4.78, 5) is 24.5. The lowest BCUT2D eigenvalue weighted by Crippen LogP contribution is -2.53. The molecule has 0 bridgehead atoms. The molecule has 25 heavy (non-hydrogen) atoms. The summed E-state index contributed by atoms with van der Waals surface area (Å²) in [6.45, 7) is 0.905. The van der Waals surface area contributed by atoms with Gasteiger partial charge in [0.2, 0.25) is 15.9 Å². The highest BCUT2D eigenvalue weighted by atomic mass is 32.2. The van der Waals surface area contributed by atoms with Crippen molar-refractivity contribution in [3.05, 3.63) is 30.3 Å². The number of carbonyl (C=O) groups is 2. The number of hydrogen-bond donors (Lipinski definition) is 1. The summed E-state index contributed by atoms with van der Waals surface area (Å²) in [6, 6.07) is 8.37. The maximum atomic E-state index is 12.7. The van der Waals surface area contributed by atoms with Crippen molar-refractivity contribution >= 4 is 21.9 Å². The average Bonchev–Trinajstić information content (AvgIpc) is 2.59. The van der Waals surface area contributed by atoms with Crippen LogP contribution >= 0.6 is 0 Å². The Balaban J connectivity index is 1.69. The van der Waals surface area contributed by atoms with Crippen LogP contribution < -0.4 is 0 Å². The summed E-state index contributed by atoms with van der Waals surface area (Å²) in [6.07, 6.45) is 2.31. The van der Waals surface area contributed by atoms with Crippen LogP contribution in [0.5, 0.6) is 0 Å².